The molecule has 0 aromatic carbocycles. The maximum atomic E-state index is 4.36. The van der Waals surface area contributed by atoms with Gasteiger partial charge in [0.05, 0.1) is 5.69 Å². The highest BCUT2D eigenvalue weighted by atomic mass is 15.3. The fourth-order valence-corrected chi connectivity index (χ4v) is 2.39. The van der Waals surface area contributed by atoms with Crippen molar-refractivity contribution in [3.8, 4) is 0 Å². The average molecular weight is 246 g/mol. The summed E-state index contributed by atoms with van der Waals surface area (Å²) < 4.78 is 0. The van der Waals surface area contributed by atoms with Crippen molar-refractivity contribution >= 4 is 5.82 Å². The summed E-state index contributed by atoms with van der Waals surface area (Å²) >= 11 is 0. The second-order valence-electron chi connectivity index (χ2n) is 5.71. The molecular formula is C14H22N4. The third kappa shape index (κ3) is 2.99. The molecule has 3 rings (SSSR count). The smallest absolute Gasteiger partial charge is 0.151 e. The van der Waals surface area contributed by atoms with Crippen LogP contribution in [0.1, 0.15) is 38.3 Å². The quantitative estimate of drug-likeness (QED) is 0.882. The van der Waals surface area contributed by atoms with E-state index in [2.05, 4.69) is 39.5 Å². The Bertz CT molecular complexity index is 377. The van der Waals surface area contributed by atoms with Crippen LogP contribution < -0.4 is 10.2 Å². The van der Waals surface area contributed by atoms with Crippen LogP contribution in [-0.2, 0) is 6.54 Å². The van der Waals surface area contributed by atoms with E-state index in [9.17, 15) is 0 Å². The lowest BCUT2D eigenvalue weighted by Gasteiger charge is -2.30. The van der Waals surface area contributed by atoms with E-state index in [1.54, 1.807) is 0 Å². The van der Waals surface area contributed by atoms with Crippen LogP contribution in [-0.4, -0.2) is 29.3 Å². The molecule has 1 aromatic heterocycles. The minimum absolute atomic E-state index is 0.732. The first-order valence-electron chi connectivity index (χ1n) is 7.12. The second kappa shape index (κ2) is 5.22. The number of anilines is 1. The summed E-state index contributed by atoms with van der Waals surface area (Å²) in [7, 11) is 0. The van der Waals surface area contributed by atoms with E-state index in [0.29, 0.717) is 0 Å². The van der Waals surface area contributed by atoms with Crippen molar-refractivity contribution in [3.05, 3.63) is 17.8 Å². The standard InChI is InChI=1S/C14H22N4/c1-11-6-8-18(9-7-11)14-5-4-13(16-17-14)10-15-12-2-3-12/h4-5,11-12,15H,2-3,6-10H2,1H3. The molecule has 1 saturated carbocycles. The molecule has 1 aliphatic carbocycles. The van der Waals surface area contributed by atoms with E-state index < -0.39 is 0 Å². The number of hydrogen-bond acceptors (Lipinski definition) is 4. The minimum atomic E-state index is 0.732. The minimum Gasteiger partial charge on any atom is -0.355 e. The third-order valence-electron chi connectivity index (χ3n) is 3.96. The Balaban J connectivity index is 1.56. The van der Waals surface area contributed by atoms with Gasteiger partial charge >= 0.3 is 0 Å². The zero-order chi connectivity index (χ0) is 12.4. The van der Waals surface area contributed by atoms with Crippen LogP contribution >= 0.6 is 0 Å². The Kier molecular flexibility index (Phi) is 3.46. The summed E-state index contributed by atoms with van der Waals surface area (Å²) in [6, 6.07) is 4.96. The molecule has 0 spiro atoms. The highest BCUT2D eigenvalue weighted by molar-refractivity contribution is 5.37. The summed E-state index contributed by atoms with van der Waals surface area (Å²) in [5.74, 6) is 1.90. The van der Waals surface area contributed by atoms with Crippen LogP contribution in [0.25, 0.3) is 0 Å². The number of nitrogens with zero attached hydrogens (tertiary/aromatic N) is 3. The lowest BCUT2D eigenvalue weighted by atomic mass is 9.99. The van der Waals surface area contributed by atoms with Gasteiger partial charge in [-0.1, -0.05) is 6.92 Å². The van der Waals surface area contributed by atoms with Crippen LogP contribution in [0, 0.1) is 5.92 Å². The van der Waals surface area contributed by atoms with E-state index in [-0.39, 0.29) is 0 Å². The largest absolute Gasteiger partial charge is 0.355 e. The number of aromatic nitrogens is 2. The summed E-state index contributed by atoms with van der Waals surface area (Å²) in [6.07, 6.45) is 5.17. The maximum absolute atomic E-state index is 4.36. The molecule has 1 aromatic rings. The Morgan fingerprint density at radius 1 is 1.17 bits per heavy atom. The van der Waals surface area contributed by atoms with Crippen molar-refractivity contribution in [2.45, 2.75) is 45.2 Å². The molecule has 1 aliphatic heterocycles. The number of nitrogens with one attached hydrogen (secondary N) is 1. The van der Waals surface area contributed by atoms with Crippen LogP contribution in [0.2, 0.25) is 0 Å². The zero-order valence-corrected chi connectivity index (χ0v) is 11.1. The predicted molar refractivity (Wildman–Crippen MR) is 72.5 cm³/mol. The van der Waals surface area contributed by atoms with Crippen molar-refractivity contribution in [1.29, 1.82) is 0 Å². The van der Waals surface area contributed by atoms with Gasteiger partial charge in [0.15, 0.2) is 5.82 Å². The number of piperidine rings is 1. The van der Waals surface area contributed by atoms with Crippen LogP contribution in [0.15, 0.2) is 12.1 Å². The summed E-state index contributed by atoms with van der Waals surface area (Å²) in [4.78, 5) is 2.35. The molecule has 2 heterocycles. The van der Waals surface area contributed by atoms with Gasteiger partial charge in [0.25, 0.3) is 0 Å². The molecule has 0 amide bonds. The lowest BCUT2D eigenvalue weighted by Crippen LogP contribution is -2.33. The highest BCUT2D eigenvalue weighted by Gasteiger charge is 2.20. The van der Waals surface area contributed by atoms with Gasteiger partial charge in [0.2, 0.25) is 0 Å². The summed E-state index contributed by atoms with van der Waals surface area (Å²) in [5.41, 5.74) is 1.05. The predicted octanol–water partition coefficient (Wildman–Crippen LogP) is 1.96. The molecule has 2 aliphatic rings. The fourth-order valence-electron chi connectivity index (χ4n) is 2.39. The van der Waals surface area contributed by atoms with Gasteiger partial charge in [-0.3, -0.25) is 0 Å². The van der Waals surface area contributed by atoms with Crippen LogP contribution in [0.5, 0.6) is 0 Å². The molecule has 0 unspecified atom stereocenters. The van der Waals surface area contributed by atoms with Gasteiger partial charge in [-0.05, 0) is 43.7 Å². The first kappa shape index (κ1) is 11.9. The van der Waals surface area contributed by atoms with Crippen molar-refractivity contribution in [2.75, 3.05) is 18.0 Å². The van der Waals surface area contributed by atoms with E-state index in [1.807, 2.05) is 0 Å². The van der Waals surface area contributed by atoms with Crippen LogP contribution in [0.4, 0.5) is 5.82 Å². The van der Waals surface area contributed by atoms with Crippen molar-refractivity contribution < 1.29 is 0 Å². The molecule has 1 saturated heterocycles. The molecule has 4 heteroatoms. The summed E-state index contributed by atoms with van der Waals surface area (Å²) in [6.45, 7) is 5.43. The second-order valence-corrected chi connectivity index (χ2v) is 5.71. The van der Waals surface area contributed by atoms with Gasteiger partial charge in [0.1, 0.15) is 0 Å². The maximum Gasteiger partial charge on any atom is 0.151 e. The zero-order valence-electron chi connectivity index (χ0n) is 11.1. The molecule has 18 heavy (non-hydrogen) atoms. The van der Waals surface area contributed by atoms with Crippen molar-refractivity contribution in [3.63, 3.8) is 0 Å². The third-order valence-corrected chi connectivity index (χ3v) is 3.96. The SMILES string of the molecule is CC1CCN(c2ccc(CNC3CC3)nn2)CC1. The fraction of sp³-hybridized carbons (Fsp3) is 0.714. The Morgan fingerprint density at radius 3 is 2.56 bits per heavy atom. The molecule has 1 N–H and O–H groups in total. The number of hydrogen-bond donors (Lipinski definition) is 1. The lowest BCUT2D eigenvalue weighted by molar-refractivity contribution is 0.435. The van der Waals surface area contributed by atoms with Gasteiger partial charge in [-0.15, -0.1) is 5.10 Å². The molecule has 2 fully saturated rings. The van der Waals surface area contributed by atoms with E-state index in [0.717, 1.165) is 43.1 Å². The first-order valence-corrected chi connectivity index (χ1v) is 7.12. The van der Waals surface area contributed by atoms with Crippen molar-refractivity contribution in [1.82, 2.24) is 15.5 Å². The van der Waals surface area contributed by atoms with Gasteiger partial charge in [0, 0.05) is 25.7 Å². The van der Waals surface area contributed by atoms with Crippen molar-refractivity contribution in [2.24, 2.45) is 5.92 Å². The van der Waals surface area contributed by atoms with Gasteiger partial charge in [-0.2, -0.15) is 5.10 Å². The van der Waals surface area contributed by atoms with E-state index in [1.165, 1.54) is 25.7 Å². The normalized spacial score (nSPS) is 21.3. The topological polar surface area (TPSA) is 41.0 Å². The molecule has 98 valence electrons. The number of rotatable bonds is 4. The molecule has 0 atom stereocenters. The molecule has 0 radical (unpaired) electrons. The van der Waals surface area contributed by atoms with Gasteiger partial charge < -0.3 is 10.2 Å². The van der Waals surface area contributed by atoms with Gasteiger partial charge in [-0.25, -0.2) is 0 Å². The highest BCUT2D eigenvalue weighted by Crippen LogP contribution is 2.21. The molecule has 0 bridgehead atoms. The van der Waals surface area contributed by atoms with Crippen LogP contribution in [0.3, 0.4) is 0 Å². The summed E-state index contributed by atoms with van der Waals surface area (Å²) in [5, 5.41) is 12.1. The molecule has 4 nitrogen and oxygen atoms in total. The Hall–Kier alpha value is -1.16. The Morgan fingerprint density at radius 2 is 1.94 bits per heavy atom. The average Bonchev–Trinajstić information content (AvgIpc) is 3.22. The molecular weight excluding hydrogens is 224 g/mol. The van der Waals surface area contributed by atoms with E-state index >= 15 is 0 Å². The first-order chi connectivity index (χ1) is 8.81. The monoisotopic (exact) mass is 246 g/mol. The Labute approximate surface area is 109 Å². The van der Waals surface area contributed by atoms with E-state index in [4.69, 9.17) is 0 Å².